The van der Waals surface area contributed by atoms with Crippen molar-refractivity contribution in [3.8, 4) is 0 Å². The first-order chi connectivity index (χ1) is 8.34. The molecule has 0 aliphatic rings. The molecule has 0 unspecified atom stereocenters. The number of rotatable bonds is 0. The normalized spacial score (nSPS) is 11.8. The molecular formula is C10H5N5OS. The van der Waals surface area contributed by atoms with Crippen LogP contribution in [0.25, 0.3) is 25.9 Å². The number of aromatic amines is 1. The second kappa shape index (κ2) is 2.89. The van der Waals surface area contributed by atoms with Crippen LogP contribution in [0.3, 0.4) is 0 Å². The van der Waals surface area contributed by atoms with E-state index in [9.17, 15) is 4.79 Å². The van der Waals surface area contributed by atoms with Crippen molar-refractivity contribution >= 4 is 37.3 Å². The van der Waals surface area contributed by atoms with E-state index in [0.717, 1.165) is 20.3 Å². The van der Waals surface area contributed by atoms with Crippen molar-refractivity contribution in [2.75, 3.05) is 0 Å². The van der Waals surface area contributed by atoms with Gasteiger partial charge < -0.3 is 0 Å². The predicted octanol–water partition coefficient (Wildman–Crippen LogP) is 1.18. The first-order valence-electron chi connectivity index (χ1n) is 4.93. The van der Waals surface area contributed by atoms with Gasteiger partial charge in [0.25, 0.3) is 0 Å². The molecule has 1 N–H and O–H groups in total. The number of hydrogen-bond donors (Lipinski definition) is 1. The van der Waals surface area contributed by atoms with Gasteiger partial charge in [-0.3, -0.25) is 9.97 Å². The van der Waals surface area contributed by atoms with Crippen molar-refractivity contribution in [3.05, 3.63) is 35.3 Å². The van der Waals surface area contributed by atoms with Crippen LogP contribution in [0, 0.1) is 0 Å². The molecule has 4 heterocycles. The molecule has 4 aromatic heterocycles. The summed E-state index contributed by atoms with van der Waals surface area (Å²) in [5.74, 6) is 0. The fraction of sp³-hybridized carbons (Fsp3) is 0. The molecular weight excluding hydrogens is 238 g/mol. The maximum absolute atomic E-state index is 11.7. The average molecular weight is 243 g/mol. The molecule has 6 nitrogen and oxygen atoms in total. The van der Waals surface area contributed by atoms with Crippen molar-refractivity contribution in [1.82, 2.24) is 24.6 Å². The van der Waals surface area contributed by atoms with Crippen molar-refractivity contribution in [2.24, 2.45) is 0 Å². The van der Waals surface area contributed by atoms with Gasteiger partial charge in [-0.05, 0) is 6.07 Å². The Morgan fingerprint density at radius 2 is 2.35 bits per heavy atom. The molecule has 7 heteroatoms. The first kappa shape index (κ1) is 8.82. The smallest absolute Gasteiger partial charge is 0.297 e. The van der Waals surface area contributed by atoms with E-state index in [1.54, 1.807) is 12.4 Å². The van der Waals surface area contributed by atoms with Crippen LogP contribution in [-0.2, 0) is 0 Å². The zero-order valence-corrected chi connectivity index (χ0v) is 9.23. The fourth-order valence-corrected chi connectivity index (χ4v) is 3.03. The lowest BCUT2D eigenvalue weighted by atomic mass is 10.2. The molecule has 82 valence electrons. The second-order valence-corrected chi connectivity index (χ2v) is 4.66. The molecule has 17 heavy (non-hydrogen) atoms. The Kier molecular flexibility index (Phi) is 1.50. The maximum atomic E-state index is 11.7. The lowest BCUT2D eigenvalue weighted by Crippen LogP contribution is -2.16. The number of H-pyrrole nitrogens is 1. The summed E-state index contributed by atoms with van der Waals surface area (Å²) in [5, 5.41) is 5.86. The summed E-state index contributed by atoms with van der Waals surface area (Å²) in [6, 6.07) is 1.92. The van der Waals surface area contributed by atoms with Gasteiger partial charge in [-0.25, -0.2) is 9.78 Å². The van der Waals surface area contributed by atoms with Crippen LogP contribution in [0.4, 0.5) is 0 Å². The predicted molar refractivity (Wildman–Crippen MR) is 64.3 cm³/mol. The van der Waals surface area contributed by atoms with E-state index >= 15 is 0 Å². The highest BCUT2D eigenvalue weighted by Crippen LogP contribution is 2.32. The number of nitrogens with one attached hydrogen (secondary N) is 1. The van der Waals surface area contributed by atoms with Crippen LogP contribution >= 0.6 is 11.3 Å². The Bertz CT molecular complexity index is 919. The minimum absolute atomic E-state index is 0.274. The molecule has 0 atom stereocenters. The molecule has 0 amide bonds. The highest BCUT2D eigenvalue weighted by molar-refractivity contribution is 7.25. The fourth-order valence-electron chi connectivity index (χ4n) is 1.97. The third-order valence-electron chi connectivity index (χ3n) is 2.68. The molecule has 0 saturated carbocycles. The Labute approximate surface area is 97.6 Å². The molecule has 0 bridgehead atoms. The quantitative estimate of drug-likeness (QED) is 0.503. The van der Waals surface area contributed by atoms with E-state index in [0.29, 0.717) is 5.65 Å². The molecule has 0 aliphatic carbocycles. The van der Waals surface area contributed by atoms with Gasteiger partial charge in [0.15, 0.2) is 5.65 Å². The van der Waals surface area contributed by atoms with Gasteiger partial charge in [0, 0.05) is 17.8 Å². The van der Waals surface area contributed by atoms with Gasteiger partial charge >= 0.3 is 5.69 Å². The lowest BCUT2D eigenvalue weighted by molar-refractivity contribution is 0.884. The number of aromatic nitrogens is 5. The maximum Gasteiger partial charge on any atom is 0.349 e. The Hall–Kier alpha value is -2.28. The summed E-state index contributed by atoms with van der Waals surface area (Å²) >= 11 is 1.49. The summed E-state index contributed by atoms with van der Waals surface area (Å²) in [6.07, 6.45) is 4.90. The number of hydrogen-bond acceptors (Lipinski definition) is 5. The number of nitrogens with zero attached hydrogens (tertiary/aromatic N) is 4. The van der Waals surface area contributed by atoms with E-state index in [2.05, 4.69) is 20.1 Å². The Morgan fingerprint density at radius 3 is 3.29 bits per heavy atom. The minimum Gasteiger partial charge on any atom is -0.297 e. The summed E-state index contributed by atoms with van der Waals surface area (Å²) in [7, 11) is 0. The summed E-state index contributed by atoms with van der Waals surface area (Å²) < 4.78 is 2.30. The standard InChI is InChI=1S/C10H5N5OS/c16-10-14-9-7(8-12-4-13-15(8)10)5-1-2-11-3-6(5)17-9/h1-4H,(H,14,16). The van der Waals surface area contributed by atoms with E-state index in [1.165, 1.54) is 22.2 Å². The third-order valence-corrected chi connectivity index (χ3v) is 3.73. The summed E-state index contributed by atoms with van der Waals surface area (Å²) in [4.78, 5) is 23.6. The molecule has 0 fully saturated rings. The molecule has 0 radical (unpaired) electrons. The van der Waals surface area contributed by atoms with E-state index in [4.69, 9.17) is 0 Å². The molecule has 0 aliphatic heterocycles. The highest BCUT2D eigenvalue weighted by atomic mass is 32.1. The second-order valence-electron chi connectivity index (χ2n) is 3.60. The largest absolute Gasteiger partial charge is 0.349 e. The van der Waals surface area contributed by atoms with Gasteiger partial charge in [-0.2, -0.15) is 9.61 Å². The van der Waals surface area contributed by atoms with Crippen molar-refractivity contribution in [3.63, 3.8) is 0 Å². The Balaban J connectivity index is 2.46. The Morgan fingerprint density at radius 1 is 1.41 bits per heavy atom. The first-order valence-corrected chi connectivity index (χ1v) is 5.74. The zero-order valence-electron chi connectivity index (χ0n) is 8.41. The zero-order chi connectivity index (χ0) is 11.4. The van der Waals surface area contributed by atoms with Gasteiger partial charge in [0.2, 0.25) is 0 Å². The lowest BCUT2D eigenvalue weighted by Gasteiger charge is -1.93. The molecule has 0 spiro atoms. The average Bonchev–Trinajstić information content (AvgIpc) is 2.90. The molecule has 0 aromatic carbocycles. The van der Waals surface area contributed by atoms with Crippen molar-refractivity contribution in [1.29, 1.82) is 0 Å². The van der Waals surface area contributed by atoms with Crippen LogP contribution < -0.4 is 5.69 Å². The van der Waals surface area contributed by atoms with Gasteiger partial charge in [-0.1, -0.05) is 0 Å². The van der Waals surface area contributed by atoms with E-state index < -0.39 is 0 Å². The van der Waals surface area contributed by atoms with Crippen LogP contribution in [-0.4, -0.2) is 24.6 Å². The topological polar surface area (TPSA) is 75.9 Å². The van der Waals surface area contributed by atoms with Crippen molar-refractivity contribution < 1.29 is 0 Å². The van der Waals surface area contributed by atoms with Gasteiger partial charge in [0.05, 0.1) is 10.1 Å². The number of thiophene rings is 1. The molecule has 4 aromatic rings. The van der Waals surface area contributed by atoms with Crippen LogP contribution in [0.2, 0.25) is 0 Å². The van der Waals surface area contributed by atoms with Crippen LogP contribution in [0.15, 0.2) is 29.6 Å². The van der Waals surface area contributed by atoms with Crippen LogP contribution in [0.5, 0.6) is 0 Å². The van der Waals surface area contributed by atoms with Crippen LogP contribution in [0.1, 0.15) is 0 Å². The van der Waals surface area contributed by atoms with Crippen molar-refractivity contribution in [2.45, 2.75) is 0 Å². The van der Waals surface area contributed by atoms with Gasteiger partial charge in [0.1, 0.15) is 11.2 Å². The van der Waals surface area contributed by atoms with E-state index in [-0.39, 0.29) is 5.69 Å². The van der Waals surface area contributed by atoms with Gasteiger partial charge in [-0.15, -0.1) is 11.3 Å². The monoisotopic (exact) mass is 243 g/mol. The van der Waals surface area contributed by atoms with E-state index in [1.807, 2.05) is 6.07 Å². The molecule has 0 saturated heterocycles. The molecule has 4 rings (SSSR count). The SMILES string of the molecule is O=c1[nH]c2sc3cnccc3c2c2ncnn12. The summed E-state index contributed by atoms with van der Waals surface area (Å²) in [5.41, 5.74) is 0.311. The summed E-state index contributed by atoms with van der Waals surface area (Å²) in [6.45, 7) is 0. The highest BCUT2D eigenvalue weighted by Gasteiger charge is 2.12. The minimum atomic E-state index is -0.274. The third kappa shape index (κ3) is 1.03. The number of pyridine rings is 1. The number of fused-ring (bicyclic) bond motifs is 5.